The molecule has 0 radical (unpaired) electrons. The molecule has 2 aromatic heterocycles. The fraction of sp³-hybridized carbons (Fsp3) is 0. The van der Waals surface area contributed by atoms with E-state index in [1.807, 2.05) is 11.3 Å². The summed E-state index contributed by atoms with van der Waals surface area (Å²) < 4.78 is 9.16. The molecule has 0 aliphatic carbocycles. The average molecular weight is 670 g/mol. The summed E-state index contributed by atoms with van der Waals surface area (Å²) in [4.78, 5) is 2.34. The lowest BCUT2D eigenvalue weighted by molar-refractivity contribution is 0.673. The van der Waals surface area contributed by atoms with Gasteiger partial charge in [-0.3, -0.25) is 0 Å². The molecule has 0 saturated heterocycles. The minimum absolute atomic E-state index is 0.914. The molecule has 10 aromatic rings. The standard InChI is InChI=1S/C48H31NOS/c1-3-11-32(12-4-1)34-19-25-37(26-20-34)49(38-27-21-35(22-28-38)33-13-5-2-6-14-33)39-29-23-36(24-30-39)42-31-45-47(41-16-8-10-18-44(41)51-45)48-46(42)40-15-7-9-17-43(40)50-48/h1-31H. The Balaban J connectivity index is 1.11. The second kappa shape index (κ2) is 12.2. The van der Waals surface area contributed by atoms with Crippen LogP contribution < -0.4 is 4.90 Å². The number of nitrogens with zero attached hydrogens (tertiary/aromatic N) is 1. The number of hydrogen-bond donors (Lipinski definition) is 0. The van der Waals surface area contributed by atoms with Crippen molar-refractivity contribution in [1.82, 2.24) is 0 Å². The molecule has 51 heavy (non-hydrogen) atoms. The molecular weight excluding hydrogens is 639 g/mol. The Bertz CT molecular complexity index is 2730. The van der Waals surface area contributed by atoms with E-state index in [-0.39, 0.29) is 0 Å². The van der Waals surface area contributed by atoms with E-state index < -0.39 is 0 Å². The third-order valence-corrected chi connectivity index (χ3v) is 11.0. The smallest absolute Gasteiger partial charge is 0.145 e. The Labute approximate surface area is 300 Å². The molecule has 0 atom stereocenters. The first-order chi connectivity index (χ1) is 25.3. The lowest BCUT2D eigenvalue weighted by atomic mass is 9.96. The second-order valence-electron chi connectivity index (χ2n) is 12.9. The van der Waals surface area contributed by atoms with Crippen molar-refractivity contribution in [2.45, 2.75) is 0 Å². The highest BCUT2D eigenvalue weighted by atomic mass is 32.1. The van der Waals surface area contributed by atoms with Gasteiger partial charge in [-0.1, -0.05) is 133 Å². The van der Waals surface area contributed by atoms with Gasteiger partial charge in [0.15, 0.2) is 0 Å². The first-order valence-electron chi connectivity index (χ1n) is 17.3. The van der Waals surface area contributed by atoms with Gasteiger partial charge >= 0.3 is 0 Å². The lowest BCUT2D eigenvalue weighted by Gasteiger charge is -2.26. The van der Waals surface area contributed by atoms with E-state index in [1.54, 1.807) is 0 Å². The maximum absolute atomic E-state index is 6.65. The molecule has 0 fully saturated rings. The number of para-hydroxylation sites is 1. The normalized spacial score (nSPS) is 11.5. The molecule has 2 heterocycles. The van der Waals surface area contributed by atoms with Crippen LogP contribution in [0, 0.1) is 0 Å². The van der Waals surface area contributed by atoms with Crippen molar-refractivity contribution in [3.63, 3.8) is 0 Å². The van der Waals surface area contributed by atoms with Crippen LogP contribution in [0.25, 0.3) is 75.5 Å². The van der Waals surface area contributed by atoms with Crippen molar-refractivity contribution in [2.75, 3.05) is 4.90 Å². The molecule has 0 aliphatic rings. The number of furan rings is 1. The molecule has 0 amide bonds. The van der Waals surface area contributed by atoms with Gasteiger partial charge in [0.2, 0.25) is 0 Å². The maximum Gasteiger partial charge on any atom is 0.145 e. The van der Waals surface area contributed by atoms with Crippen LogP contribution in [-0.2, 0) is 0 Å². The molecule has 2 nitrogen and oxygen atoms in total. The van der Waals surface area contributed by atoms with E-state index >= 15 is 0 Å². The number of fused-ring (bicyclic) bond motifs is 7. The largest absolute Gasteiger partial charge is 0.455 e. The zero-order valence-electron chi connectivity index (χ0n) is 27.7. The monoisotopic (exact) mass is 669 g/mol. The average Bonchev–Trinajstić information content (AvgIpc) is 3.78. The van der Waals surface area contributed by atoms with Crippen LogP contribution >= 0.6 is 11.3 Å². The Morgan fingerprint density at radius 1 is 0.373 bits per heavy atom. The quantitative estimate of drug-likeness (QED) is 0.175. The summed E-state index contributed by atoms with van der Waals surface area (Å²) in [6, 6.07) is 67.3. The van der Waals surface area contributed by atoms with E-state index in [9.17, 15) is 0 Å². The van der Waals surface area contributed by atoms with Crippen LogP contribution in [0.4, 0.5) is 17.1 Å². The van der Waals surface area contributed by atoms with Crippen LogP contribution in [0.1, 0.15) is 0 Å². The fourth-order valence-corrected chi connectivity index (χ4v) is 8.57. The summed E-state index contributed by atoms with van der Waals surface area (Å²) >= 11 is 1.83. The highest BCUT2D eigenvalue weighted by molar-refractivity contribution is 7.26. The summed E-state index contributed by atoms with van der Waals surface area (Å²) in [6.07, 6.45) is 0. The van der Waals surface area contributed by atoms with Crippen LogP contribution in [0.3, 0.4) is 0 Å². The minimum Gasteiger partial charge on any atom is -0.455 e. The van der Waals surface area contributed by atoms with Gasteiger partial charge < -0.3 is 9.32 Å². The number of thiophene rings is 1. The van der Waals surface area contributed by atoms with Crippen molar-refractivity contribution in [1.29, 1.82) is 0 Å². The fourth-order valence-electron chi connectivity index (χ4n) is 7.42. The Hall–Kier alpha value is -6.42. The molecule has 240 valence electrons. The zero-order chi connectivity index (χ0) is 33.7. The molecule has 10 rings (SSSR count). The maximum atomic E-state index is 6.65. The predicted molar refractivity (Wildman–Crippen MR) is 218 cm³/mol. The summed E-state index contributed by atoms with van der Waals surface area (Å²) in [5, 5.41) is 4.75. The SMILES string of the molecule is c1ccc(-c2ccc(N(c3ccc(-c4ccccc4)cc3)c3ccc(-c4cc5sc6ccccc6c5c5oc6ccccc6c45)cc3)cc2)cc1. The highest BCUT2D eigenvalue weighted by Crippen LogP contribution is 2.47. The van der Waals surface area contributed by atoms with Crippen molar-refractivity contribution in [3.8, 4) is 33.4 Å². The first kappa shape index (κ1) is 29.5. The Morgan fingerprint density at radius 3 is 1.43 bits per heavy atom. The van der Waals surface area contributed by atoms with Crippen molar-refractivity contribution in [2.24, 2.45) is 0 Å². The van der Waals surface area contributed by atoms with E-state index in [1.165, 1.54) is 53.4 Å². The third-order valence-electron chi connectivity index (χ3n) is 9.89. The van der Waals surface area contributed by atoms with Crippen molar-refractivity contribution < 1.29 is 4.42 Å². The third kappa shape index (κ3) is 5.10. The van der Waals surface area contributed by atoms with E-state index in [2.05, 4.69) is 193 Å². The lowest BCUT2D eigenvalue weighted by Crippen LogP contribution is -2.09. The van der Waals surface area contributed by atoms with Gasteiger partial charge in [0.1, 0.15) is 11.2 Å². The van der Waals surface area contributed by atoms with Crippen molar-refractivity contribution in [3.05, 3.63) is 188 Å². The molecule has 0 aliphatic heterocycles. The van der Waals surface area contributed by atoms with E-state index in [0.29, 0.717) is 0 Å². The predicted octanol–water partition coefficient (Wildman–Crippen LogP) is 14.4. The van der Waals surface area contributed by atoms with Crippen LogP contribution in [0.15, 0.2) is 192 Å². The molecule has 0 spiro atoms. The summed E-state index contributed by atoms with van der Waals surface area (Å²) in [7, 11) is 0. The van der Waals surface area contributed by atoms with Gasteiger partial charge in [-0.15, -0.1) is 11.3 Å². The molecule has 0 N–H and O–H groups in total. The summed E-state index contributed by atoms with van der Waals surface area (Å²) in [5.74, 6) is 0. The molecule has 0 bridgehead atoms. The van der Waals surface area contributed by atoms with Crippen LogP contribution in [0.2, 0.25) is 0 Å². The highest BCUT2D eigenvalue weighted by Gasteiger charge is 2.20. The topological polar surface area (TPSA) is 16.4 Å². The van der Waals surface area contributed by atoms with Gasteiger partial charge in [-0.2, -0.15) is 0 Å². The Morgan fingerprint density at radius 2 is 0.843 bits per heavy atom. The summed E-state index contributed by atoms with van der Waals surface area (Å²) in [6.45, 7) is 0. The molecule has 0 unspecified atom stereocenters. The first-order valence-corrected chi connectivity index (χ1v) is 18.1. The molecular formula is C48H31NOS. The Kier molecular flexibility index (Phi) is 7.04. The second-order valence-corrected chi connectivity index (χ2v) is 14.0. The summed E-state index contributed by atoms with van der Waals surface area (Å²) in [5.41, 5.74) is 12.3. The number of rotatable bonds is 6. The molecule has 0 saturated carbocycles. The van der Waals surface area contributed by atoms with Gasteiger partial charge in [0, 0.05) is 48.0 Å². The number of benzene rings is 8. The molecule has 8 aromatic carbocycles. The van der Waals surface area contributed by atoms with Crippen LogP contribution in [0.5, 0.6) is 0 Å². The molecule has 3 heteroatoms. The van der Waals surface area contributed by atoms with Crippen LogP contribution in [-0.4, -0.2) is 0 Å². The van der Waals surface area contributed by atoms with Crippen molar-refractivity contribution >= 4 is 70.5 Å². The van der Waals surface area contributed by atoms with Gasteiger partial charge in [-0.05, 0) is 88.0 Å². The number of hydrogen-bond acceptors (Lipinski definition) is 3. The van der Waals surface area contributed by atoms with E-state index in [4.69, 9.17) is 4.42 Å². The minimum atomic E-state index is 0.914. The number of anilines is 3. The van der Waals surface area contributed by atoms with Gasteiger partial charge in [0.25, 0.3) is 0 Å². The van der Waals surface area contributed by atoms with Gasteiger partial charge in [-0.25, -0.2) is 0 Å². The van der Waals surface area contributed by atoms with E-state index in [0.717, 1.165) is 39.2 Å². The van der Waals surface area contributed by atoms with Gasteiger partial charge in [0.05, 0.1) is 0 Å². The zero-order valence-corrected chi connectivity index (χ0v) is 28.5.